The lowest BCUT2D eigenvalue weighted by atomic mass is 9.95. The van der Waals surface area contributed by atoms with Gasteiger partial charge in [-0.05, 0) is 49.1 Å². The fraction of sp³-hybridized carbons (Fsp3) is 0.304. The van der Waals surface area contributed by atoms with Crippen LogP contribution < -0.4 is 4.74 Å². The Balaban J connectivity index is 1.58. The van der Waals surface area contributed by atoms with E-state index < -0.39 is 0 Å². The average Bonchev–Trinajstić information content (AvgIpc) is 3.27. The molecule has 0 bridgehead atoms. The summed E-state index contributed by atoms with van der Waals surface area (Å²) < 4.78 is 7.18. The highest BCUT2D eigenvalue weighted by Gasteiger charge is 2.31. The van der Waals surface area contributed by atoms with Gasteiger partial charge in [-0.2, -0.15) is 4.52 Å². The van der Waals surface area contributed by atoms with Crippen LogP contribution in [0.3, 0.4) is 0 Å². The van der Waals surface area contributed by atoms with E-state index in [1.165, 1.54) is 22.5 Å². The van der Waals surface area contributed by atoms with E-state index in [0.29, 0.717) is 17.4 Å². The summed E-state index contributed by atoms with van der Waals surface area (Å²) in [5.41, 5.74) is 3.87. The molecule has 30 heavy (non-hydrogen) atoms. The normalized spacial score (nSPS) is 15.3. The Morgan fingerprint density at radius 3 is 2.63 bits per heavy atom. The first-order chi connectivity index (χ1) is 14.6. The maximum Gasteiger partial charge on any atom is 0.230 e. The first kappa shape index (κ1) is 19.1. The Morgan fingerprint density at radius 2 is 1.90 bits per heavy atom. The monoisotopic (exact) mass is 420 g/mol. The summed E-state index contributed by atoms with van der Waals surface area (Å²) in [5, 5.41) is 15.4. The van der Waals surface area contributed by atoms with Gasteiger partial charge in [0.05, 0.1) is 17.5 Å². The SMILES string of the molecule is CCOc1ccc([C@@H](c2sc3nc(C)nn3c2O)N2CCc3ccccc3C2)cc1. The number of aromatic hydroxyl groups is 1. The van der Waals surface area contributed by atoms with Gasteiger partial charge >= 0.3 is 0 Å². The Bertz CT molecular complexity index is 1180. The number of thiazole rings is 1. The third-order valence-corrected chi connectivity index (χ3v) is 6.66. The van der Waals surface area contributed by atoms with Crippen molar-refractivity contribution in [1.29, 1.82) is 0 Å². The molecule has 3 heterocycles. The number of benzene rings is 2. The van der Waals surface area contributed by atoms with E-state index in [9.17, 15) is 5.11 Å². The molecule has 5 rings (SSSR count). The Morgan fingerprint density at radius 1 is 1.13 bits per heavy atom. The molecule has 4 aromatic rings. The molecule has 0 amide bonds. The van der Waals surface area contributed by atoms with E-state index in [4.69, 9.17) is 4.74 Å². The minimum absolute atomic E-state index is 0.0807. The van der Waals surface area contributed by atoms with Gasteiger partial charge < -0.3 is 9.84 Å². The van der Waals surface area contributed by atoms with Crippen LogP contribution in [0.5, 0.6) is 11.6 Å². The van der Waals surface area contributed by atoms with Gasteiger partial charge in [-0.1, -0.05) is 47.7 Å². The van der Waals surface area contributed by atoms with Gasteiger partial charge in [0.1, 0.15) is 11.6 Å². The number of ether oxygens (including phenoxy) is 1. The quantitative estimate of drug-likeness (QED) is 0.520. The second-order valence-corrected chi connectivity index (χ2v) is 8.55. The van der Waals surface area contributed by atoms with Crippen LogP contribution in [0.25, 0.3) is 4.96 Å². The molecule has 1 aliphatic rings. The second-order valence-electron chi connectivity index (χ2n) is 7.54. The van der Waals surface area contributed by atoms with Crippen LogP contribution in [0, 0.1) is 6.92 Å². The van der Waals surface area contributed by atoms with Gasteiger partial charge in [0.15, 0.2) is 0 Å². The van der Waals surface area contributed by atoms with Gasteiger partial charge in [0, 0.05) is 13.1 Å². The highest BCUT2D eigenvalue weighted by atomic mass is 32.1. The highest BCUT2D eigenvalue weighted by Crippen LogP contribution is 2.41. The standard InChI is InChI=1S/C23H24N4O2S/c1-3-29-19-10-8-17(9-11-19)20(21-22(28)27-23(30-21)24-15(2)25-27)26-13-12-16-6-4-5-7-18(16)14-26/h4-11,20,28H,3,12-14H2,1-2H3/t20-/m0/s1. The zero-order valence-electron chi connectivity index (χ0n) is 17.1. The van der Waals surface area contributed by atoms with Crippen LogP contribution in [-0.4, -0.2) is 37.8 Å². The van der Waals surface area contributed by atoms with Crippen molar-refractivity contribution >= 4 is 16.3 Å². The molecule has 154 valence electrons. The first-order valence-corrected chi connectivity index (χ1v) is 11.0. The van der Waals surface area contributed by atoms with Crippen molar-refractivity contribution in [2.24, 2.45) is 0 Å². The van der Waals surface area contributed by atoms with Gasteiger partial charge in [-0.25, -0.2) is 4.98 Å². The topological polar surface area (TPSA) is 62.9 Å². The van der Waals surface area contributed by atoms with Crippen LogP contribution in [0.2, 0.25) is 0 Å². The molecule has 7 heteroatoms. The Labute approximate surface area is 179 Å². The van der Waals surface area contributed by atoms with Crippen LogP contribution in [0.4, 0.5) is 0 Å². The summed E-state index contributed by atoms with van der Waals surface area (Å²) in [6.45, 7) is 6.21. The minimum Gasteiger partial charge on any atom is -0.494 e. The van der Waals surface area contributed by atoms with Crippen molar-refractivity contribution in [2.75, 3.05) is 13.2 Å². The van der Waals surface area contributed by atoms with E-state index >= 15 is 0 Å². The van der Waals surface area contributed by atoms with Crippen LogP contribution in [0.1, 0.15) is 40.4 Å². The number of rotatable bonds is 5. The van der Waals surface area contributed by atoms with Gasteiger partial charge in [-0.3, -0.25) is 4.90 Å². The van der Waals surface area contributed by atoms with Crippen molar-refractivity contribution in [3.63, 3.8) is 0 Å². The van der Waals surface area contributed by atoms with Crippen LogP contribution in [0.15, 0.2) is 48.5 Å². The Kier molecular flexibility index (Phi) is 4.92. The first-order valence-electron chi connectivity index (χ1n) is 10.2. The number of nitrogens with zero attached hydrogens (tertiary/aromatic N) is 4. The smallest absolute Gasteiger partial charge is 0.230 e. The van der Waals surface area contributed by atoms with E-state index in [0.717, 1.165) is 35.7 Å². The summed E-state index contributed by atoms with van der Waals surface area (Å²) in [6.07, 6.45) is 0.990. The lowest BCUT2D eigenvalue weighted by molar-refractivity contribution is 0.205. The molecular formula is C23H24N4O2S. The molecule has 0 aliphatic carbocycles. The molecule has 0 unspecified atom stereocenters. The minimum atomic E-state index is -0.0807. The van der Waals surface area contributed by atoms with E-state index in [1.807, 2.05) is 26.0 Å². The zero-order valence-corrected chi connectivity index (χ0v) is 17.9. The maximum absolute atomic E-state index is 11.0. The van der Waals surface area contributed by atoms with E-state index in [2.05, 4.69) is 51.4 Å². The predicted octanol–water partition coefficient (Wildman–Crippen LogP) is 4.35. The molecule has 0 spiro atoms. The summed E-state index contributed by atoms with van der Waals surface area (Å²) in [4.78, 5) is 8.47. The fourth-order valence-electron chi connectivity index (χ4n) is 4.21. The molecule has 0 saturated carbocycles. The molecule has 0 radical (unpaired) electrons. The van der Waals surface area contributed by atoms with Gasteiger partial charge in [-0.15, -0.1) is 5.10 Å². The average molecular weight is 421 g/mol. The lowest BCUT2D eigenvalue weighted by Crippen LogP contribution is -2.34. The number of hydrogen-bond donors (Lipinski definition) is 1. The fourth-order valence-corrected chi connectivity index (χ4v) is 5.37. The van der Waals surface area contributed by atoms with E-state index in [-0.39, 0.29) is 11.9 Å². The zero-order chi connectivity index (χ0) is 20.7. The summed E-state index contributed by atoms with van der Waals surface area (Å²) in [5.74, 6) is 1.69. The molecule has 1 aliphatic heterocycles. The van der Waals surface area contributed by atoms with Gasteiger partial charge in [0.25, 0.3) is 0 Å². The van der Waals surface area contributed by atoms with Crippen molar-refractivity contribution in [2.45, 2.75) is 32.9 Å². The second kappa shape index (κ2) is 7.74. The third-order valence-electron chi connectivity index (χ3n) is 5.59. The number of aromatic nitrogens is 3. The molecule has 0 saturated heterocycles. The number of fused-ring (bicyclic) bond motifs is 2. The Hall–Kier alpha value is -2.90. The lowest BCUT2D eigenvalue weighted by Gasteiger charge is -2.35. The van der Waals surface area contributed by atoms with Gasteiger partial charge in [0.2, 0.25) is 10.8 Å². The maximum atomic E-state index is 11.0. The molecule has 0 fully saturated rings. The molecule has 6 nitrogen and oxygen atoms in total. The molecule has 1 atom stereocenters. The third kappa shape index (κ3) is 3.34. The van der Waals surface area contributed by atoms with Crippen molar-refractivity contribution < 1.29 is 9.84 Å². The van der Waals surface area contributed by atoms with E-state index in [1.54, 1.807) is 4.52 Å². The summed E-state index contributed by atoms with van der Waals surface area (Å²) >= 11 is 1.50. The number of hydrogen-bond acceptors (Lipinski definition) is 6. The summed E-state index contributed by atoms with van der Waals surface area (Å²) in [6, 6.07) is 16.7. The van der Waals surface area contributed by atoms with Crippen LogP contribution in [-0.2, 0) is 13.0 Å². The molecule has 1 N–H and O–H groups in total. The molecule has 2 aromatic heterocycles. The molecular weight excluding hydrogens is 396 g/mol. The predicted molar refractivity (Wildman–Crippen MR) is 117 cm³/mol. The van der Waals surface area contributed by atoms with Crippen molar-refractivity contribution in [3.8, 4) is 11.6 Å². The molecule has 2 aromatic carbocycles. The van der Waals surface area contributed by atoms with Crippen LogP contribution >= 0.6 is 11.3 Å². The highest BCUT2D eigenvalue weighted by molar-refractivity contribution is 7.17. The van der Waals surface area contributed by atoms with Crippen molar-refractivity contribution in [1.82, 2.24) is 19.5 Å². The largest absolute Gasteiger partial charge is 0.494 e. The summed E-state index contributed by atoms with van der Waals surface area (Å²) in [7, 11) is 0. The van der Waals surface area contributed by atoms with Crippen molar-refractivity contribution in [3.05, 3.63) is 75.9 Å². The number of aryl methyl sites for hydroxylation is 1.